The number of para-hydroxylation sites is 1. The molecule has 0 atom stereocenters. The Hall–Kier alpha value is -2.75. The van der Waals surface area contributed by atoms with Crippen LogP contribution in [0.1, 0.15) is 25.5 Å². The third-order valence-corrected chi connectivity index (χ3v) is 3.94. The summed E-state index contributed by atoms with van der Waals surface area (Å²) in [6.45, 7) is 4.31. The second-order valence-corrected chi connectivity index (χ2v) is 5.76. The molecule has 0 aliphatic rings. The molecule has 4 rings (SSSR count). The molecular formula is C18H16N4. The maximum atomic E-state index is 4.60. The molecule has 1 aromatic carbocycles. The molecule has 0 amide bonds. The Balaban J connectivity index is 2.01. The van der Waals surface area contributed by atoms with Crippen LogP contribution >= 0.6 is 0 Å². The average Bonchev–Trinajstić information content (AvgIpc) is 2.98. The Morgan fingerprint density at radius 3 is 2.73 bits per heavy atom. The number of rotatable bonds is 2. The number of nitrogens with one attached hydrogen (secondary N) is 1. The van der Waals surface area contributed by atoms with Crippen molar-refractivity contribution in [3.63, 3.8) is 0 Å². The summed E-state index contributed by atoms with van der Waals surface area (Å²) in [4.78, 5) is 9.15. The molecule has 0 radical (unpaired) electrons. The number of aromatic amines is 1. The van der Waals surface area contributed by atoms with Gasteiger partial charge in [-0.2, -0.15) is 5.10 Å². The molecule has 0 unspecified atom stereocenters. The molecule has 0 saturated heterocycles. The first-order valence-corrected chi connectivity index (χ1v) is 7.42. The zero-order chi connectivity index (χ0) is 15.1. The summed E-state index contributed by atoms with van der Waals surface area (Å²) in [6, 6.07) is 12.2. The summed E-state index contributed by atoms with van der Waals surface area (Å²) in [5, 5.41) is 9.76. The van der Waals surface area contributed by atoms with Crippen molar-refractivity contribution in [1.82, 2.24) is 20.2 Å². The van der Waals surface area contributed by atoms with E-state index < -0.39 is 0 Å². The van der Waals surface area contributed by atoms with Crippen molar-refractivity contribution in [1.29, 1.82) is 0 Å². The molecule has 0 bridgehead atoms. The van der Waals surface area contributed by atoms with E-state index in [9.17, 15) is 0 Å². The van der Waals surface area contributed by atoms with Crippen molar-refractivity contribution in [2.45, 2.75) is 19.8 Å². The lowest BCUT2D eigenvalue weighted by Gasteiger charge is -2.07. The minimum atomic E-state index is 0.362. The van der Waals surface area contributed by atoms with Gasteiger partial charge < -0.3 is 0 Å². The first kappa shape index (κ1) is 13.0. The second-order valence-electron chi connectivity index (χ2n) is 5.76. The molecule has 4 aromatic rings. The molecule has 0 saturated carbocycles. The minimum absolute atomic E-state index is 0.362. The Kier molecular flexibility index (Phi) is 2.89. The van der Waals surface area contributed by atoms with E-state index in [-0.39, 0.29) is 0 Å². The summed E-state index contributed by atoms with van der Waals surface area (Å²) < 4.78 is 0. The van der Waals surface area contributed by atoms with Crippen molar-refractivity contribution in [2.75, 3.05) is 0 Å². The average molecular weight is 288 g/mol. The van der Waals surface area contributed by atoms with Crippen LogP contribution in [0.25, 0.3) is 33.1 Å². The third kappa shape index (κ3) is 1.96. The van der Waals surface area contributed by atoms with E-state index in [2.05, 4.69) is 46.1 Å². The van der Waals surface area contributed by atoms with Crippen LogP contribution in [0.5, 0.6) is 0 Å². The first-order valence-electron chi connectivity index (χ1n) is 7.42. The van der Waals surface area contributed by atoms with E-state index in [4.69, 9.17) is 0 Å². The fourth-order valence-electron chi connectivity index (χ4n) is 2.82. The van der Waals surface area contributed by atoms with Crippen LogP contribution in [0.3, 0.4) is 0 Å². The minimum Gasteiger partial charge on any atom is -0.281 e. The van der Waals surface area contributed by atoms with E-state index in [0.717, 1.165) is 38.8 Å². The fourth-order valence-corrected chi connectivity index (χ4v) is 2.82. The molecule has 3 aromatic heterocycles. The number of fused-ring (bicyclic) bond motifs is 2. The first-order chi connectivity index (χ1) is 10.7. The van der Waals surface area contributed by atoms with Crippen molar-refractivity contribution in [3.05, 3.63) is 54.5 Å². The summed E-state index contributed by atoms with van der Waals surface area (Å²) in [7, 11) is 0. The van der Waals surface area contributed by atoms with Crippen molar-refractivity contribution >= 4 is 21.8 Å². The van der Waals surface area contributed by atoms with E-state index in [1.807, 2.05) is 30.5 Å². The number of hydrogen-bond donors (Lipinski definition) is 1. The highest BCUT2D eigenvalue weighted by Crippen LogP contribution is 2.32. The quantitative estimate of drug-likeness (QED) is 0.598. The highest BCUT2D eigenvalue weighted by atomic mass is 15.1. The normalized spacial score (nSPS) is 11.6. The predicted molar refractivity (Wildman–Crippen MR) is 88.7 cm³/mol. The number of H-pyrrole nitrogens is 1. The van der Waals surface area contributed by atoms with Crippen LogP contribution in [0, 0.1) is 0 Å². The van der Waals surface area contributed by atoms with Gasteiger partial charge in [0.25, 0.3) is 0 Å². The smallest absolute Gasteiger partial charge is 0.0961 e. The molecule has 0 aliphatic heterocycles. The standard InChI is InChI=1S/C18H16N4/c1-11(2)17-16-15(21-22-17)7-8-19-18(16)13-9-12-5-3-4-6-14(12)20-10-13/h3-11H,1-2H3,(H,21,22). The van der Waals surface area contributed by atoms with Crippen LogP contribution in [0.15, 0.2) is 48.8 Å². The van der Waals surface area contributed by atoms with E-state index >= 15 is 0 Å². The van der Waals surface area contributed by atoms with Gasteiger partial charge in [-0.15, -0.1) is 0 Å². The van der Waals surface area contributed by atoms with Gasteiger partial charge in [0.1, 0.15) is 0 Å². The lowest BCUT2D eigenvalue weighted by molar-refractivity contribution is 0.818. The fraction of sp³-hybridized carbons (Fsp3) is 0.167. The maximum absolute atomic E-state index is 4.60. The summed E-state index contributed by atoms with van der Waals surface area (Å²) in [5.41, 5.74) is 5.02. The van der Waals surface area contributed by atoms with Gasteiger partial charge in [0, 0.05) is 34.4 Å². The molecule has 1 N–H and O–H groups in total. The summed E-state index contributed by atoms with van der Waals surface area (Å²) in [6.07, 6.45) is 3.69. The maximum Gasteiger partial charge on any atom is 0.0961 e. The van der Waals surface area contributed by atoms with Crippen LogP contribution in [-0.4, -0.2) is 20.2 Å². The molecule has 0 spiro atoms. The van der Waals surface area contributed by atoms with Crippen LogP contribution in [-0.2, 0) is 0 Å². The highest BCUT2D eigenvalue weighted by Gasteiger charge is 2.15. The molecule has 4 nitrogen and oxygen atoms in total. The van der Waals surface area contributed by atoms with Crippen molar-refractivity contribution < 1.29 is 0 Å². The zero-order valence-corrected chi connectivity index (χ0v) is 12.5. The molecule has 4 heteroatoms. The Morgan fingerprint density at radius 2 is 1.86 bits per heavy atom. The summed E-state index contributed by atoms with van der Waals surface area (Å²) >= 11 is 0. The number of benzene rings is 1. The lowest BCUT2D eigenvalue weighted by Crippen LogP contribution is -1.92. The van der Waals surface area contributed by atoms with E-state index in [1.54, 1.807) is 6.20 Å². The lowest BCUT2D eigenvalue weighted by atomic mass is 10.0. The van der Waals surface area contributed by atoms with Gasteiger partial charge in [-0.1, -0.05) is 32.0 Å². The molecule has 3 heterocycles. The Bertz CT molecular complexity index is 969. The van der Waals surface area contributed by atoms with Crippen molar-refractivity contribution in [2.24, 2.45) is 0 Å². The number of aromatic nitrogens is 4. The van der Waals surface area contributed by atoms with Crippen LogP contribution in [0.4, 0.5) is 0 Å². The molecule has 0 aliphatic carbocycles. The monoisotopic (exact) mass is 288 g/mol. The van der Waals surface area contributed by atoms with Crippen LogP contribution < -0.4 is 0 Å². The molecular weight excluding hydrogens is 272 g/mol. The van der Waals surface area contributed by atoms with Gasteiger partial charge in [-0.05, 0) is 24.1 Å². The number of nitrogens with zero attached hydrogens (tertiary/aromatic N) is 3. The van der Waals surface area contributed by atoms with Gasteiger partial charge >= 0.3 is 0 Å². The summed E-state index contributed by atoms with van der Waals surface area (Å²) in [5.74, 6) is 0.362. The van der Waals surface area contributed by atoms with Crippen molar-refractivity contribution in [3.8, 4) is 11.3 Å². The van der Waals surface area contributed by atoms with Gasteiger partial charge in [-0.25, -0.2) is 0 Å². The Morgan fingerprint density at radius 1 is 1.00 bits per heavy atom. The van der Waals surface area contributed by atoms with Gasteiger partial charge in [0.05, 0.1) is 16.7 Å². The van der Waals surface area contributed by atoms with Gasteiger partial charge in [-0.3, -0.25) is 15.1 Å². The Labute approximate surface area is 128 Å². The van der Waals surface area contributed by atoms with E-state index in [0.29, 0.717) is 5.92 Å². The molecule has 0 fully saturated rings. The second kappa shape index (κ2) is 4.91. The molecule has 108 valence electrons. The predicted octanol–water partition coefficient (Wildman–Crippen LogP) is 4.30. The SMILES string of the molecule is CC(C)c1[nH]nc2ccnc(-c3cnc4ccccc4c3)c12. The van der Waals surface area contributed by atoms with Gasteiger partial charge in [0.2, 0.25) is 0 Å². The van der Waals surface area contributed by atoms with Gasteiger partial charge in [0.15, 0.2) is 0 Å². The highest BCUT2D eigenvalue weighted by molar-refractivity contribution is 5.96. The number of pyridine rings is 2. The third-order valence-electron chi connectivity index (χ3n) is 3.94. The van der Waals surface area contributed by atoms with E-state index in [1.165, 1.54) is 0 Å². The zero-order valence-electron chi connectivity index (χ0n) is 12.5. The molecule has 22 heavy (non-hydrogen) atoms. The topological polar surface area (TPSA) is 54.5 Å². The largest absolute Gasteiger partial charge is 0.281 e. The number of hydrogen-bond acceptors (Lipinski definition) is 3. The van der Waals surface area contributed by atoms with Crippen LogP contribution in [0.2, 0.25) is 0 Å².